The zero-order chi connectivity index (χ0) is 28.3. The van der Waals surface area contributed by atoms with Crippen LogP contribution in [-0.2, 0) is 12.8 Å². The number of likely N-dealkylation sites (N-methyl/N-ethyl adjacent to an activating group) is 1. The van der Waals surface area contributed by atoms with Gasteiger partial charge in [-0.25, -0.2) is 9.97 Å². The number of alkyl halides is 1. The van der Waals surface area contributed by atoms with Gasteiger partial charge >= 0.3 is 0 Å². The molecule has 212 valence electrons. The highest BCUT2D eigenvalue weighted by Crippen LogP contribution is 2.24. The van der Waals surface area contributed by atoms with Crippen LogP contribution in [0.15, 0.2) is 60.7 Å². The van der Waals surface area contributed by atoms with Crippen LogP contribution in [-0.4, -0.2) is 82.8 Å². The standard InChI is InChI=1S/C32H36ClN7O/c1-3-39(15-14-33)24-8-4-22(5-9-24)6-13-30-34-26-11-7-23(20-28(26)35-30)31(41)32-36-27-12-10-25(21-29(27)37-32)40-18-16-38(2)17-19-40/h4-5,7-12,20-21H,3,6,13-19H2,1-2H3,(H,34,35)(H,36,37). The topological polar surface area (TPSA) is 84.2 Å². The molecule has 2 N–H and O–H groups in total. The number of fused-ring (bicyclic) bond motifs is 2. The van der Waals surface area contributed by atoms with E-state index in [-0.39, 0.29) is 5.78 Å². The monoisotopic (exact) mass is 569 g/mol. The molecular formula is C32H36ClN7O. The molecule has 1 saturated heterocycles. The van der Waals surface area contributed by atoms with E-state index in [2.05, 4.69) is 80.0 Å². The molecule has 0 saturated carbocycles. The fourth-order valence-corrected chi connectivity index (χ4v) is 5.74. The van der Waals surface area contributed by atoms with Crippen molar-refractivity contribution in [2.45, 2.75) is 19.8 Å². The number of nitrogens with one attached hydrogen (secondary N) is 2. The van der Waals surface area contributed by atoms with Crippen molar-refractivity contribution in [3.8, 4) is 0 Å². The first-order valence-corrected chi connectivity index (χ1v) is 14.9. The maximum atomic E-state index is 13.4. The zero-order valence-corrected chi connectivity index (χ0v) is 24.4. The maximum absolute atomic E-state index is 13.4. The third-order valence-corrected chi connectivity index (χ3v) is 8.20. The number of hydrogen-bond donors (Lipinski definition) is 2. The summed E-state index contributed by atoms with van der Waals surface area (Å²) in [4.78, 5) is 36.4. The van der Waals surface area contributed by atoms with Gasteiger partial charge in [0.05, 0.1) is 22.1 Å². The Morgan fingerprint density at radius 3 is 2.39 bits per heavy atom. The van der Waals surface area contributed by atoms with Crippen molar-refractivity contribution in [1.82, 2.24) is 24.8 Å². The predicted molar refractivity (Wildman–Crippen MR) is 168 cm³/mol. The summed E-state index contributed by atoms with van der Waals surface area (Å²) in [5.41, 5.74) is 7.58. The van der Waals surface area contributed by atoms with E-state index in [0.717, 1.165) is 85.7 Å². The van der Waals surface area contributed by atoms with Crippen LogP contribution in [0.2, 0.25) is 0 Å². The van der Waals surface area contributed by atoms with Gasteiger partial charge in [-0.05, 0) is 74.5 Å². The lowest BCUT2D eigenvalue weighted by atomic mass is 10.1. The van der Waals surface area contributed by atoms with Gasteiger partial charge in [-0.15, -0.1) is 11.6 Å². The lowest BCUT2D eigenvalue weighted by molar-refractivity contribution is 0.103. The van der Waals surface area contributed by atoms with Gasteiger partial charge in [0, 0.05) is 68.5 Å². The van der Waals surface area contributed by atoms with Crippen molar-refractivity contribution in [2.75, 3.05) is 62.0 Å². The first-order chi connectivity index (χ1) is 20.0. The average Bonchev–Trinajstić information content (AvgIpc) is 3.62. The lowest BCUT2D eigenvalue weighted by Crippen LogP contribution is -2.44. The van der Waals surface area contributed by atoms with Gasteiger partial charge in [-0.3, -0.25) is 4.79 Å². The summed E-state index contributed by atoms with van der Waals surface area (Å²) < 4.78 is 0. The minimum atomic E-state index is -0.129. The van der Waals surface area contributed by atoms with Crippen molar-refractivity contribution in [1.29, 1.82) is 0 Å². The lowest BCUT2D eigenvalue weighted by Gasteiger charge is -2.34. The molecule has 1 aliphatic rings. The first kappa shape index (κ1) is 27.3. The van der Waals surface area contributed by atoms with Crippen LogP contribution in [0.25, 0.3) is 22.1 Å². The molecule has 1 aliphatic heterocycles. The van der Waals surface area contributed by atoms with Gasteiger partial charge in [0.15, 0.2) is 5.82 Å². The van der Waals surface area contributed by atoms with Crippen LogP contribution in [0.1, 0.15) is 34.5 Å². The predicted octanol–water partition coefficient (Wildman–Crippen LogP) is 5.27. The molecule has 2 aromatic heterocycles. The number of benzene rings is 3. The summed E-state index contributed by atoms with van der Waals surface area (Å²) in [5, 5.41) is 0. The Hall–Kier alpha value is -3.88. The van der Waals surface area contributed by atoms with Gasteiger partial charge in [0.2, 0.25) is 5.78 Å². The summed E-state index contributed by atoms with van der Waals surface area (Å²) in [6.45, 7) is 7.99. The normalized spacial score (nSPS) is 14.3. The Labute approximate surface area is 245 Å². The minimum Gasteiger partial charge on any atom is -0.371 e. The van der Waals surface area contributed by atoms with E-state index in [4.69, 9.17) is 16.6 Å². The molecule has 0 atom stereocenters. The van der Waals surface area contributed by atoms with Gasteiger partial charge in [-0.2, -0.15) is 0 Å². The molecule has 0 radical (unpaired) electrons. The molecule has 0 unspecified atom stereocenters. The smallest absolute Gasteiger partial charge is 0.228 e. The van der Waals surface area contributed by atoms with E-state index >= 15 is 0 Å². The Balaban J connectivity index is 1.13. The van der Waals surface area contributed by atoms with Crippen LogP contribution in [0.4, 0.5) is 11.4 Å². The molecule has 8 nitrogen and oxygen atoms in total. The number of aromatic nitrogens is 4. The highest BCUT2D eigenvalue weighted by Gasteiger charge is 2.18. The molecular weight excluding hydrogens is 534 g/mol. The van der Waals surface area contributed by atoms with E-state index in [1.54, 1.807) is 0 Å². The molecule has 0 aliphatic carbocycles. The number of aryl methyl sites for hydroxylation is 2. The highest BCUT2D eigenvalue weighted by atomic mass is 35.5. The van der Waals surface area contributed by atoms with E-state index in [9.17, 15) is 4.79 Å². The average molecular weight is 570 g/mol. The van der Waals surface area contributed by atoms with E-state index in [1.165, 1.54) is 11.3 Å². The molecule has 0 spiro atoms. The molecule has 3 heterocycles. The van der Waals surface area contributed by atoms with Crippen molar-refractivity contribution in [2.24, 2.45) is 0 Å². The second-order valence-corrected chi connectivity index (χ2v) is 11.1. The van der Waals surface area contributed by atoms with Crippen LogP contribution in [0.3, 0.4) is 0 Å². The number of ketones is 1. The minimum absolute atomic E-state index is 0.129. The Kier molecular flexibility index (Phi) is 7.94. The van der Waals surface area contributed by atoms with Crippen LogP contribution in [0.5, 0.6) is 0 Å². The molecule has 5 aromatic rings. The Bertz CT molecular complexity index is 1650. The fourth-order valence-electron chi connectivity index (χ4n) is 5.53. The van der Waals surface area contributed by atoms with E-state index in [1.807, 2.05) is 24.3 Å². The number of nitrogens with zero attached hydrogens (tertiary/aromatic N) is 5. The third-order valence-electron chi connectivity index (χ3n) is 8.03. The third kappa shape index (κ3) is 5.94. The van der Waals surface area contributed by atoms with Crippen LogP contribution >= 0.6 is 11.6 Å². The number of piperazine rings is 1. The Morgan fingerprint density at radius 1 is 0.902 bits per heavy atom. The number of aromatic amines is 2. The SMILES string of the molecule is CCN(CCCl)c1ccc(CCc2nc3ccc(C(=O)c4nc5ccc(N6CCN(C)CC6)cc5[nH]4)cc3[nH]2)cc1. The number of anilines is 2. The number of imidazole rings is 2. The fraction of sp³-hybridized carbons (Fsp3) is 0.344. The van der Waals surface area contributed by atoms with Gasteiger partial charge in [0.1, 0.15) is 5.82 Å². The number of H-pyrrole nitrogens is 2. The summed E-state index contributed by atoms with van der Waals surface area (Å²) in [5.74, 6) is 1.75. The second-order valence-electron chi connectivity index (χ2n) is 10.8. The summed E-state index contributed by atoms with van der Waals surface area (Å²) >= 11 is 5.94. The number of halogens is 1. The Morgan fingerprint density at radius 2 is 1.63 bits per heavy atom. The highest BCUT2D eigenvalue weighted by molar-refractivity contribution is 6.18. The van der Waals surface area contributed by atoms with E-state index < -0.39 is 0 Å². The molecule has 6 rings (SSSR count). The molecule has 3 aromatic carbocycles. The summed E-state index contributed by atoms with van der Waals surface area (Å²) in [6.07, 6.45) is 1.66. The molecule has 41 heavy (non-hydrogen) atoms. The number of hydrogen-bond acceptors (Lipinski definition) is 6. The van der Waals surface area contributed by atoms with Crippen LogP contribution in [0, 0.1) is 0 Å². The summed E-state index contributed by atoms with van der Waals surface area (Å²) in [7, 11) is 2.15. The van der Waals surface area contributed by atoms with E-state index in [0.29, 0.717) is 17.3 Å². The van der Waals surface area contributed by atoms with Crippen molar-refractivity contribution in [3.05, 3.63) is 83.4 Å². The summed E-state index contributed by atoms with van der Waals surface area (Å²) in [6, 6.07) is 20.5. The van der Waals surface area contributed by atoms with Crippen molar-refractivity contribution >= 4 is 50.8 Å². The largest absolute Gasteiger partial charge is 0.371 e. The second kappa shape index (κ2) is 11.9. The van der Waals surface area contributed by atoms with Gasteiger partial charge < -0.3 is 24.7 Å². The van der Waals surface area contributed by atoms with Gasteiger partial charge in [0.25, 0.3) is 0 Å². The molecule has 1 fully saturated rings. The van der Waals surface area contributed by atoms with Crippen LogP contribution < -0.4 is 9.80 Å². The first-order valence-electron chi connectivity index (χ1n) is 14.4. The van der Waals surface area contributed by atoms with Crippen molar-refractivity contribution < 1.29 is 4.79 Å². The van der Waals surface area contributed by atoms with Gasteiger partial charge in [-0.1, -0.05) is 12.1 Å². The zero-order valence-electron chi connectivity index (χ0n) is 23.7. The maximum Gasteiger partial charge on any atom is 0.228 e. The van der Waals surface area contributed by atoms with Crippen molar-refractivity contribution in [3.63, 3.8) is 0 Å². The number of carbonyl (C=O) groups excluding carboxylic acids is 1. The molecule has 9 heteroatoms. The number of rotatable bonds is 10. The molecule has 0 bridgehead atoms. The molecule has 0 amide bonds. The quantitative estimate of drug-likeness (QED) is 0.176. The number of carbonyl (C=O) groups is 1.